The predicted molar refractivity (Wildman–Crippen MR) is 103 cm³/mol. The summed E-state index contributed by atoms with van der Waals surface area (Å²) in [6.45, 7) is 6.58. The van der Waals surface area contributed by atoms with Crippen LogP contribution in [0.15, 0.2) is 48.5 Å². The highest BCUT2D eigenvalue weighted by Crippen LogP contribution is 2.21. The topological polar surface area (TPSA) is 55.8 Å². The van der Waals surface area contributed by atoms with Gasteiger partial charge in [-0.2, -0.15) is 0 Å². The van der Waals surface area contributed by atoms with Gasteiger partial charge in [0, 0.05) is 6.54 Å². The maximum atomic E-state index is 12.3. The third kappa shape index (κ3) is 5.86. The average Bonchev–Trinajstić information content (AvgIpc) is 2.65. The molecule has 2 aromatic carbocycles. The van der Waals surface area contributed by atoms with Crippen molar-refractivity contribution >= 4 is 24.3 Å². The Morgan fingerprint density at radius 3 is 2.15 bits per heavy atom. The van der Waals surface area contributed by atoms with Crippen LogP contribution in [0.1, 0.15) is 40.1 Å². The van der Waals surface area contributed by atoms with Crippen LogP contribution in [0, 0.1) is 0 Å². The first-order chi connectivity index (χ1) is 12.1. The van der Waals surface area contributed by atoms with Crippen LogP contribution < -0.4 is 4.74 Å². The fourth-order valence-corrected chi connectivity index (χ4v) is 2.49. The van der Waals surface area contributed by atoms with E-state index < -0.39 is 11.9 Å². The van der Waals surface area contributed by atoms with Crippen molar-refractivity contribution in [1.82, 2.24) is 4.90 Å². The molecule has 0 aliphatic carbocycles. The van der Waals surface area contributed by atoms with Crippen LogP contribution in [-0.4, -0.2) is 37.0 Å². The van der Waals surface area contributed by atoms with Crippen LogP contribution in [0.25, 0.3) is 0 Å². The van der Waals surface area contributed by atoms with E-state index in [1.165, 1.54) is 13.2 Å². The van der Waals surface area contributed by atoms with E-state index in [0.717, 1.165) is 18.7 Å². The molecule has 0 aromatic heterocycles. The number of ether oxygens (including phenoxy) is 2. The molecule has 0 saturated heterocycles. The molecule has 0 fully saturated rings. The van der Waals surface area contributed by atoms with Crippen LogP contribution in [0.2, 0.25) is 0 Å². The molecule has 0 amide bonds. The smallest absolute Gasteiger partial charge is 0.343 e. The minimum Gasteiger partial charge on any atom is -0.465 e. The van der Waals surface area contributed by atoms with E-state index in [1.807, 2.05) is 6.07 Å². The first-order valence-corrected chi connectivity index (χ1v) is 8.29. The van der Waals surface area contributed by atoms with Crippen molar-refractivity contribution in [3.05, 3.63) is 65.2 Å². The maximum absolute atomic E-state index is 12.3. The van der Waals surface area contributed by atoms with Gasteiger partial charge in [0.1, 0.15) is 5.75 Å². The number of carbonyl (C=O) groups excluding carboxylic acids is 2. The van der Waals surface area contributed by atoms with Crippen LogP contribution in [0.5, 0.6) is 5.75 Å². The molecule has 0 aliphatic heterocycles. The number of hydrogen-bond donors (Lipinski definition) is 0. The Balaban J connectivity index is 0.00000338. The summed E-state index contributed by atoms with van der Waals surface area (Å²) in [7, 11) is 1.33. The number of hydrogen-bond acceptors (Lipinski definition) is 5. The number of esters is 2. The van der Waals surface area contributed by atoms with Gasteiger partial charge in [-0.3, -0.25) is 4.90 Å². The van der Waals surface area contributed by atoms with Crippen molar-refractivity contribution in [3.63, 3.8) is 0 Å². The monoisotopic (exact) mass is 377 g/mol. The highest BCUT2D eigenvalue weighted by atomic mass is 35.5. The van der Waals surface area contributed by atoms with E-state index >= 15 is 0 Å². The molecule has 2 aromatic rings. The Morgan fingerprint density at radius 2 is 1.58 bits per heavy atom. The van der Waals surface area contributed by atoms with E-state index in [9.17, 15) is 9.59 Å². The Hall–Kier alpha value is -2.37. The van der Waals surface area contributed by atoms with Crippen molar-refractivity contribution in [3.8, 4) is 5.75 Å². The molecule has 0 aliphatic rings. The minimum atomic E-state index is -0.462. The van der Waals surface area contributed by atoms with Crippen molar-refractivity contribution in [2.45, 2.75) is 20.4 Å². The SMILES string of the molecule is CCN(CC)Cc1cc(OC(=O)c2ccccc2)cc(C(=O)OC)c1.Cl. The summed E-state index contributed by atoms with van der Waals surface area (Å²) in [6.07, 6.45) is 0. The molecule has 140 valence electrons. The maximum Gasteiger partial charge on any atom is 0.343 e. The Bertz CT molecular complexity index is 730. The molecule has 0 heterocycles. The lowest BCUT2D eigenvalue weighted by Gasteiger charge is -2.19. The van der Waals surface area contributed by atoms with Crippen molar-refractivity contribution < 1.29 is 19.1 Å². The van der Waals surface area contributed by atoms with Gasteiger partial charge in [0.15, 0.2) is 0 Å². The highest BCUT2D eigenvalue weighted by molar-refractivity contribution is 5.92. The second kappa shape index (κ2) is 10.6. The molecule has 0 N–H and O–H groups in total. The highest BCUT2D eigenvalue weighted by Gasteiger charge is 2.14. The van der Waals surface area contributed by atoms with Gasteiger partial charge < -0.3 is 9.47 Å². The largest absolute Gasteiger partial charge is 0.465 e. The average molecular weight is 378 g/mol. The van der Waals surface area contributed by atoms with E-state index in [0.29, 0.717) is 23.4 Å². The molecule has 2 rings (SSSR count). The van der Waals surface area contributed by atoms with Gasteiger partial charge in [-0.1, -0.05) is 32.0 Å². The number of methoxy groups -OCH3 is 1. The van der Waals surface area contributed by atoms with Crippen molar-refractivity contribution in [1.29, 1.82) is 0 Å². The summed E-state index contributed by atoms with van der Waals surface area (Å²) in [5, 5.41) is 0. The fraction of sp³-hybridized carbons (Fsp3) is 0.300. The molecular weight excluding hydrogens is 354 g/mol. The van der Waals surface area contributed by atoms with Crippen LogP contribution in [0.4, 0.5) is 0 Å². The van der Waals surface area contributed by atoms with E-state index in [1.54, 1.807) is 36.4 Å². The van der Waals surface area contributed by atoms with Gasteiger partial charge in [-0.05, 0) is 49.0 Å². The Labute approximate surface area is 160 Å². The third-order valence-electron chi connectivity index (χ3n) is 3.91. The molecule has 0 unspecified atom stereocenters. The first-order valence-electron chi connectivity index (χ1n) is 8.29. The van der Waals surface area contributed by atoms with Gasteiger partial charge in [0.05, 0.1) is 18.2 Å². The third-order valence-corrected chi connectivity index (χ3v) is 3.91. The molecule has 0 bridgehead atoms. The molecule has 26 heavy (non-hydrogen) atoms. The van der Waals surface area contributed by atoms with Crippen LogP contribution in [-0.2, 0) is 11.3 Å². The normalized spacial score (nSPS) is 10.2. The lowest BCUT2D eigenvalue weighted by atomic mass is 10.1. The molecule has 0 radical (unpaired) electrons. The zero-order chi connectivity index (χ0) is 18.2. The molecule has 0 spiro atoms. The number of halogens is 1. The number of benzene rings is 2. The second-order valence-corrected chi connectivity index (χ2v) is 5.57. The molecule has 0 saturated carbocycles. The lowest BCUT2D eigenvalue weighted by Crippen LogP contribution is -2.22. The quantitative estimate of drug-likeness (QED) is 0.540. The van der Waals surface area contributed by atoms with Crippen LogP contribution in [0.3, 0.4) is 0 Å². The minimum absolute atomic E-state index is 0. The number of nitrogens with zero attached hydrogens (tertiary/aromatic N) is 1. The van der Waals surface area contributed by atoms with Crippen molar-refractivity contribution in [2.75, 3.05) is 20.2 Å². The zero-order valence-corrected chi connectivity index (χ0v) is 16.0. The van der Waals surface area contributed by atoms with Gasteiger partial charge in [-0.25, -0.2) is 9.59 Å². The molecule has 5 nitrogen and oxygen atoms in total. The van der Waals surface area contributed by atoms with Gasteiger partial charge in [0.2, 0.25) is 0 Å². The van der Waals surface area contributed by atoms with Gasteiger partial charge in [-0.15, -0.1) is 12.4 Å². The lowest BCUT2D eigenvalue weighted by molar-refractivity contribution is 0.0597. The summed E-state index contributed by atoms with van der Waals surface area (Å²) in [5.74, 6) is -0.589. The molecular formula is C20H24ClNO4. The summed E-state index contributed by atoms with van der Waals surface area (Å²) in [4.78, 5) is 26.4. The van der Waals surface area contributed by atoms with Crippen molar-refractivity contribution in [2.24, 2.45) is 0 Å². The van der Waals surface area contributed by atoms with Crippen LogP contribution >= 0.6 is 12.4 Å². The van der Waals surface area contributed by atoms with Gasteiger partial charge in [0.25, 0.3) is 0 Å². The zero-order valence-electron chi connectivity index (χ0n) is 15.2. The summed E-state index contributed by atoms with van der Waals surface area (Å²) < 4.78 is 10.3. The Morgan fingerprint density at radius 1 is 0.923 bits per heavy atom. The Kier molecular flexibility index (Phi) is 8.82. The standard InChI is InChI=1S/C20H23NO4.ClH/c1-4-21(5-2)14-15-11-17(19(22)24-3)13-18(12-15)25-20(23)16-9-7-6-8-10-16;/h6-13H,4-5,14H2,1-3H3;1H. The first kappa shape index (κ1) is 21.7. The molecule has 6 heteroatoms. The predicted octanol–water partition coefficient (Wildman–Crippen LogP) is 3.96. The van der Waals surface area contributed by atoms with E-state index in [-0.39, 0.29) is 12.4 Å². The number of carbonyl (C=O) groups is 2. The summed E-state index contributed by atoms with van der Waals surface area (Å²) >= 11 is 0. The summed E-state index contributed by atoms with van der Waals surface area (Å²) in [6, 6.07) is 13.8. The number of rotatable bonds is 7. The van der Waals surface area contributed by atoms with E-state index in [2.05, 4.69) is 18.7 Å². The fourth-order valence-electron chi connectivity index (χ4n) is 2.49. The molecule has 0 atom stereocenters. The second-order valence-electron chi connectivity index (χ2n) is 5.57. The van der Waals surface area contributed by atoms with Gasteiger partial charge >= 0.3 is 11.9 Å². The van der Waals surface area contributed by atoms with E-state index in [4.69, 9.17) is 9.47 Å². The summed E-state index contributed by atoms with van der Waals surface area (Å²) in [5.41, 5.74) is 1.71.